The van der Waals surface area contributed by atoms with E-state index in [1.807, 2.05) is 6.20 Å². The summed E-state index contributed by atoms with van der Waals surface area (Å²) >= 11 is 1.53. The number of hydrogen-bond donors (Lipinski definition) is 0. The van der Waals surface area contributed by atoms with Gasteiger partial charge in [-0.1, -0.05) is 12.2 Å². The molecule has 0 atom stereocenters. The average Bonchev–Trinajstić information content (AvgIpc) is 2.62. The van der Waals surface area contributed by atoms with Gasteiger partial charge < -0.3 is 0 Å². The van der Waals surface area contributed by atoms with Crippen molar-refractivity contribution >= 4 is 23.9 Å². The molecule has 0 radical (unpaired) electrons. The second kappa shape index (κ2) is 5.49. The Kier molecular flexibility index (Phi) is 4.58. The molecule has 1 aromatic rings. The molecule has 2 nitrogen and oxygen atoms in total. The monoisotopic (exact) mass is 230 g/mol. The molecule has 0 bridgehead atoms. The Morgan fingerprint density at radius 2 is 2.14 bits per heavy atom. The van der Waals surface area contributed by atoms with Gasteiger partial charge in [0.15, 0.2) is 0 Å². The molecule has 4 heteroatoms. The average molecular weight is 231 g/mol. The molecule has 0 saturated carbocycles. The minimum atomic E-state index is 0. The van der Waals surface area contributed by atoms with Gasteiger partial charge >= 0.3 is 0 Å². The smallest absolute Gasteiger partial charge is 0.0452 e. The second-order valence-corrected chi connectivity index (χ2v) is 4.22. The molecule has 2 rings (SSSR count). The lowest BCUT2D eigenvalue weighted by molar-refractivity contribution is 0.249. The molecule has 1 aromatic heterocycles. The number of piperidine rings is 1. The Morgan fingerprint density at radius 3 is 2.71 bits per heavy atom. The Hall–Kier alpha value is -0.380. The Labute approximate surface area is 95.2 Å². The molecule has 0 amide bonds. The maximum absolute atomic E-state index is 4.10. The van der Waals surface area contributed by atoms with Gasteiger partial charge in [-0.25, -0.2) is 4.37 Å². The predicted octanol–water partition coefficient (Wildman–Crippen LogP) is 2.72. The van der Waals surface area contributed by atoms with Crippen molar-refractivity contribution in [2.24, 2.45) is 0 Å². The third-order valence-corrected chi connectivity index (χ3v) is 3.09. The summed E-state index contributed by atoms with van der Waals surface area (Å²) in [5.74, 6) is 0. The quantitative estimate of drug-likeness (QED) is 0.727. The SMILES string of the molecule is C=C1CCN(Cc2cnsc2)CC1.Cl. The van der Waals surface area contributed by atoms with E-state index in [4.69, 9.17) is 0 Å². The van der Waals surface area contributed by atoms with E-state index >= 15 is 0 Å². The van der Waals surface area contributed by atoms with E-state index in [0.29, 0.717) is 0 Å². The largest absolute Gasteiger partial charge is 0.298 e. The van der Waals surface area contributed by atoms with Gasteiger partial charge in [-0.05, 0) is 29.9 Å². The van der Waals surface area contributed by atoms with Gasteiger partial charge in [0, 0.05) is 31.2 Å². The van der Waals surface area contributed by atoms with Crippen LogP contribution in [0.15, 0.2) is 23.7 Å². The number of rotatable bonds is 2. The zero-order valence-corrected chi connectivity index (χ0v) is 9.74. The number of likely N-dealkylation sites (tertiary alicyclic amines) is 1. The molecule has 0 aromatic carbocycles. The fraction of sp³-hybridized carbons (Fsp3) is 0.500. The summed E-state index contributed by atoms with van der Waals surface area (Å²) in [5.41, 5.74) is 2.75. The lowest BCUT2D eigenvalue weighted by Crippen LogP contribution is -2.29. The zero-order valence-electron chi connectivity index (χ0n) is 8.11. The van der Waals surface area contributed by atoms with Crippen molar-refractivity contribution in [2.75, 3.05) is 13.1 Å². The van der Waals surface area contributed by atoms with Crippen molar-refractivity contribution in [3.8, 4) is 0 Å². The highest BCUT2D eigenvalue weighted by Gasteiger charge is 2.12. The zero-order chi connectivity index (χ0) is 9.10. The van der Waals surface area contributed by atoms with Crippen molar-refractivity contribution < 1.29 is 0 Å². The molecule has 14 heavy (non-hydrogen) atoms. The fourth-order valence-electron chi connectivity index (χ4n) is 1.59. The summed E-state index contributed by atoms with van der Waals surface area (Å²) in [5, 5.41) is 2.13. The Morgan fingerprint density at radius 1 is 1.43 bits per heavy atom. The van der Waals surface area contributed by atoms with Crippen molar-refractivity contribution in [3.05, 3.63) is 29.3 Å². The summed E-state index contributed by atoms with van der Waals surface area (Å²) in [4.78, 5) is 2.47. The van der Waals surface area contributed by atoms with Gasteiger partial charge in [0.05, 0.1) is 0 Å². The van der Waals surface area contributed by atoms with Crippen LogP contribution in [-0.2, 0) is 6.54 Å². The molecule has 1 aliphatic rings. The first-order valence-corrected chi connectivity index (χ1v) is 5.45. The van der Waals surface area contributed by atoms with Gasteiger partial charge in [-0.3, -0.25) is 4.90 Å². The first-order chi connectivity index (χ1) is 6.34. The van der Waals surface area contributed by atoms with Gasteiger partial charge in [0.1, 0.15) is 0 Å². The van der Waals surface area contributed by atoms with Crippen LogP contribution in [0.5, 0.6) is 0 Å². The molecule has 1 aliphatic heterocycles. The van der Waals surface area contributed by atoms with Gasteiger partial charge in [-0.15, -0.1) is 12.4 Å². The van der Waals surface area contributed by atoms with E-state index in [-0.39, 0.29) is 12.4 Å². The van der Waals surface area contributed by atoms with Crippen molar-refractivity contribution in [3.63, 3.8) is 0 Å². The molecular weight excluding hydrogens is 216 g/mol. The van der Waals surface area contributed by atoms with Crippen LogP contribution in [0.25, 0.3) is 0 Å². The first kappa shape index (κ1) is 11.7. The van der Waals surface area contributed by atoms with Gasteiger partial charge in [0.25, 0.3) is 0 Å². The van der Waals surface area contributed by atoms with E-state index in [1.165, 1.54) is 22.7 Å². The third-order valence-electron chi connectivity index (χ3n) is 2.45. The maximum Gasteiger partial charge on any atom is 0.0452 e. The molecule has 1 fully saturated rings. The molecule has 0 spiro atoms. The lowest BCUT2D eigenvalue weighted by atomic mass is 10.1. The minimum absolute atomic E-state index is 0. The second-order valence-electron chi connectivity index (χ2n) is 3.56. The van der Waals surface area contributed by atoms with Gasteiger partial charge in [-0.2, -0.15) is 0 Å². The highest BCUT2D eigenvalue weighted by atomic mass is 35.5. The first-order valence-electron chi connectivity index (χ1n) is 4.62. The van der Waals surface area contributed by atoms with E-state index in [0.717, 1.165) is 32.5 Å². The summed E-state index contributed by atoms with van der Waals surface area (Å²) in [6, 6.07) is 0. The van der Waals surface area contributed by atoms with Crippen LogP contribution in [0.2, 0.25) is 0 Å². The van der Waals surface area contributed by atoms with Crippen LogP contribution >= 0.6 is 23.9 Å². The van der Waals surface area contributed by atoms with E-state index < -0.39 is 0 Å². The number of aromatic nitrogens is 1. The standard InChI is InChI=1S/C10H14N2S.ClH/c1-9-2-4-12(5-3-9)7-10-6-11-13-8-10;/h6,8H,1-5,7H2;1H. The van der Waals surface area contributed by atoms with E-state index in [2.05, 4.69) is 21.2 Å². The third kappa shape index (κ3) is 3.08. The number of hydrogen-bond acceptors (Lipinski definition) is 3. The van der Waals surface area contributed by atoms with Crippen LogP contribution < -0.4 is 0 Å². The van der Waals surface area contributed by atoms with Crippen LogP contribution in [0.1, 0.15) is 18.4 Å². The van der Waals surface area contributed by atoms with Crippen molar-refractivity contribution in [1.29, 1.82) is 0 Å². The topological polar surface area (TPSA) is 16.1 Å². The molecule has 0 unspecified atom stereocenters. The number of nitrogens with zero attached hydrogens (tertiary/aromatic N) is 2. The van der Waals surface area contributed by atoms with Crippen LogP contribution in [-0.4, -0.2) is 22.4 Å². The van der Waals surface area contributed by atoms with Crippen LogP contribution in [0, 0.1) is 0 Å². The summed E-state index contributed by atoms with van der Waals surface area (Å²) in [7, 11) is 0. The van der Waals surface area contributed by atoms with Crippen molar-refractivity contribution in [2.45, 2.75) is 19.4 Å². The summed E-state index contributed by atoms with van der Waals surface area (Å²) in [6.07, 6.45) is 4.29. The maximum atomic E-state index is 4.10. The Bertz CT molecular complexity index is 274. The van der Waals surface area contributed by atoms with Gasteiger partial charge in [0.2, 0.25) is 0 Å². The molecule has 0 N–H and O–H groups in total. The lowest BCUT2D eigenvalue weighted by Gasteiger charge is -2.27. The van der Waals surface area contributed by atoms with E-state index in [9.17, 15) is 0 Å². The highest BCUT2D eigenvalue weighted by molar-refractivity contribution is 7.03. The molecule has 78 valence electrons. The van der Waals surface area contributed by atoms with Crippen molar-refractivity contribution in [1.82, 2.24) is 9.27 Å². The Balaban J connectivity index is 0.000000980. The summed E-state index contributed by atoms with van der Waals surface area (Å²) < 4.78 is 4.10. The predicted molar refractivity (Wildman–Crippen MR) is 63.0 cm³/mol. The molecular formula is C10H15ClN2S. The summed E-state index contributed by atoms with van der Waals surface area (Å²) in [6.45, 7) is 7.39. The highest BCUT2D eigenvalue weighted by Crippen LogP contribution is 2.16. The minimum Gasteiger partial charge on any atom is -0.298 e. The molecule has 0 aliphatic carbocycles. The molecule has 2 heterocycles. The number of halogens is 1. The normalized spacial score (nSPS) is 17.9. The van der Waals surface area contributed by atoms with Crippen LogP contribution in [0.4, 0.5) is 0 Å². The van der Waals surface area contributed by atoms with Crippen LogP contribution in [0.3, 0.4) is 0 Å². The fourth-order valence-corrected chi connectivity index (χ4v) is 2.12. The van der Waals surface area contributed by atoms with E-state index in [1.54, 1.807) is 0 Å². The molecule has 1 saturated heterocycles.